The first-order chi connectivity index (χ1) is 34.5. The molecular formula is C52H78N10O8SSi. The summed E-state index contributed by atoms with van der Waals surface area (Å²) in [6.07, 6.45) is 15.8. The van der Waals surface area contributed by atoms with E-state index in [-0.39, 0.29) is 54.6 Å². The minimum atomic E-state index is -3.57. The Labute approximate surface area is 426 Å². The van der Waals surface area contributed by atoms with Crippen molar-refractivity contribution in [1.29, 1.82) is 0 Å². The summed E-state index contributed by atoms with van der Waals surface area (Å²) in [5.41, 5.74) is 1.52. The van der Waals surface area contributed by atoms with Crippen molar-refractivity contribution in [2.45, 2.75) is 159 Å². The molecule has 4 saturated heterocycles. The molecule has 3 unspecified atom stereocenters. The van der Waals surface area contributed by atoms with E-state index in [9.17, 15) is 27.6 Å². The van der Waals surface area contributed by atoms with E-state index in [0.29, 0.717) is 80.9 Å². The maximum Gasteiger partial charge on any atom is 0.329 e. The van der Waals surface area contributed by atoms with Crippen molar-refractivity contribution in [3.63, 3.8) is 0 Å². The van der Waals surface area contributed by atoms with Crippen LogP contribution in [0.1, 0.15) is 121 Å². The maximum absolute atomic E-state index is 14.0. The Morgan fingerprint density at radius 3 is 2.38 bits per heavy atom. The predicted octanol–water partition coefficient (Wildman–Crippen LogP) is 6.25. The first kappa shape index (κ1) is 51.3. The van der Waals surface area contributed by atoms with Crippen molar-refractivity contribution in [1.82, 2.24) is 37.5 Å². The molecule has 10 rings (SSSR count). The first-order valence-electron chi connectivity index (χ1n) is 27.2. The number of ether oxygens (including phenoxy) is 2. The third-order valence-corrected chi connectivity index (χ3v) is 21.0. The van der Waals surface area contributed by atoms with Gasteiger partial charge in [0.05, 0.1) is 17.5 Å². The maximum atomic E-state index is 14.0. The molecule has 3 aromatic rings. The standard InChI is InChI=1S/C52H78N10O8SSi/c1-37-13-11-14-40(37)62-46-39(52(21-22-52)48(62)65)33-53-49(55-46)54-38-19-26-58(27-20-38)71(67,68)59-29-24-51(35-59)23-28-57(34-51)25-9-7-6-8-10-30-70-43-16-12-15-41-45(43)56(2)50(66)61(41)42-17-18-44(63)60(47(42)64)36-69-31-32-72(3,4)5/h12,15-16,33,37-38,40,42H,6-11,13-14,17-32,34-36H2,1-5H3,(H,53,54,55)/t37?,40?,42-,51?/m1/s1. The van der Waals surface area contributed by atoms with Crippen LogP contribution in [0, 0.1) is 11.3 Å². The highest BCUT2D eigenvalue weighted by Gasteiger charge is 2.62. The minimum Gasteiger partial charge on any atom is -0.491 e. The number of imidazole rings is 1. The van der Waals surface area contributed by atoms with Gasteiger partial charge in [0.25, 0.3) is 16.1 Å². The van der Waals surface area contributed by atoms with Crippen LogP contribution in [0.5, 0.6) is 5.75 Å². The second-order valence-corrected chi connectivity index (χ2v) is 31.2. The molecule has 6 fully saturated rings. The predicted molar refractivity (Wildman–Crippen MR) is 279 cm³/mol. The molecule has 2 spiro atoms. The average molecular weight is 1030 g/mol. The van der Waals surface area contributed by atoms with Crippen LogP contribution in [0.25, 0.3) is 11.0 Å². The number of amides is 3. The number of rotatable bonds is 20. The molecule has 1 N–H and O–H groups in total. The van der Waals surface area contributed by atoms with E-state index in [4.69, 9.17) is 14.5 Å². The smallest absolute Gasteiger partial charge is 0.329 e. The number of nitrogens with one attached hydrogen (secondary N) is 1. The lowest BCUT2D eigenvalue weighted by Gasteiger charge is -2.34. The van der Waals surface area contributed by atoms with Crippen molar-refractivity contribution in [3.8, 4) is 5.75 Å². The Morgan fingerprint density at radius 2 is 1.62 bits per heavy atom. The summed E-state index contributed by atoms with van der Waals surface area (Å²) in [5.74, 6) is 1.89. The largest absolute Gasteiger partial charge is 0.491 e. The van der Waals surface area contributed by atoms with Crippen LogP contribution in [0.15, 0.2) is 29.2 Å². The number of unbranched alkanes of at least 4 members (excludes halogenated alkanes) is 4. The molecule has 18 nitrogen and oxygen atoms in total. The summed E-state index contributed by atoms with van der Waals surface area (Å²) in [6.45, 7) is 14.9. The number of hydrogen-bond donors (Lipinski definition) is 1. The molecule has 2 saturated carbocycles. The van der Waals surface area contributed by atoms with Gasteiger partial charge in [0.15, 0.2) is 0 Å². The highest BCUT2D eigenvalue weighted by molar-refractivity contribution is 7.86. The first-order valence-corrected chi connectivity index (χ1v) is 32.3. The van der Waals surface area contributed by atoms with Gasteiger partial charge in [0.1, 0.15) is 29.9 Å². The SMILES string of the molecule is CC1CCCC1N1C(=O)C2(CC2)c2cnc(NC3CCN(S(=O)(=O)N4CCC5(CCN(CCCCCCCOc6cccc7c6n(C)c(=O)n7[C@@H]6CCC(=O)N(COCC[Si](C)(C)C)C6=O)C5)C4)CC3)nc21. The summed E-state index contributed by atoms with van der Waals surface area (Å²) < 4.78 is 46.6. The number of imide groups is 1. The van der Waals surface area contributed by atoms with E-state index in [1.165, 1.54) is 4.57 Å². The number of fused-ring (bicyclic) bond motifs is 3. The van der Waals surface area contributed by atoms with E-state index in [1.54, 1.807) is 20.2 Å². The second kappa shape index (κ2) is 20.5. The zero-order valence-electron chi connectivity index (χ0n) is 43.4. The van der Waals surface area contributed by atoms with Gasteiger partial charge < -0.3 is 19.7 Å². The number of likely N-dealkylation sites (tertiary alicyclic amines) is 2. The summed E-state index contributed by atoms with van der Waals surface area (Å²) in [5, 5.41) is 3.51. The third kappa shape index (κ3) is 10.0. The number of piperidine rings is 2. The van der Waals surface area contributed by atoms with Crippen LogP contribution in [0.2, 0.25) is 25.7 Å². The van der Waals surface area contributed by atoms with Gasteiger partial charge in [0, 0.05) is 84.7 Å². The fourth-order valence-electron chi connectivity index (χ4n) is 12.8. The van der Waals surface area contributed by atoms with Gasteiger partial charge in [-0.3, -0.25) is 33.3 Å². The van der Waals surface area contributed by atoms with Crippen molar-refractivity contribution < 1.29 is 32.3 Å². The van der Waals surface area contributed by atoms with Crippen LogP contribution in [-0.2, 0) is 41.8 Å². The molecule has 394 valence electrons. The summed E-state index contributed by atoms with van der Waals surface area (Å²) in [6, 6.07) is 5.93. The van der Waals surface area contributed by atoms with Gasteiger partial charge >= 0.3 is 5.69 Å². The van der Waals surface area contributed by atoms with Crippen LogP contribution in [0.4, 0.5) is 11.8 Å². The Kier molecular flexibility index (Phi) is 14.6. The third-order valence-electron chi connectivity index (χ3n) is 17.4. The molecule has 7 heterocycles. The summed E-state index contributed by atoms with van der Waals surface area (Å²) in [7, 11) is -3.21. The summed E-state index contributed by atoms with van der Waals surface area (Å²) in [4.78, 5) is 69.2. The molecule has 5 aliphatic heterocycles. The quantitative estimate of drug-likeness (QED) is 0.0764. The van der Waals surface area contributed by atoms with E-state index in [1.807, 2.05) is 29.3 Å². The normalized spacial score (nSPS) is 26.3. The minimum absolute atomic E-state index is 0.0141. The molecule has 0 bridgehead atoms. The molecule has 72 heavy (non-hydrogen) atoms. The lowest BCUT2D eigenvalue weighted by Crippen LogP contribution is -2.49. The number of benzene rings is 1. The van der Waals surface area contributed by atoms with Crippen LogP contribution < -0.4 is 20.6 Å². The molecule has 0 radical (unpaired) electrons. The Hall–Kier alpha value is -4.21. The highest BCUT2D eigenvalue weighted by Crippen LogP contribution is 2.58. The van der Waals surface area contributed by atoms with Crippen molar-refractivity contribution in [2.24, 2.45) is 18.4 Å². The van der Waals surface area contributed by atoms with Crippen molar-refractivity contribution in [3.05, 3.63) is 40.4 Å². The summed E-state index contributed by atoms with van der Waals surface area (Å²) >= 11 is 0. The molecule has 3 amide bonds. The van der Waals surface area contributed by atoms with Gasteiger partial charge in [-0.15, -0.1) is 0 Å². The fraction of sp³-hybridized carbons (Fsp3) is 0.731. The Bertz CT molecular complexity index is 2700. The fourth-order valence-corrected chi connectivity index (χ4v) is 15.3. The average Bonchev–Trinajstić information content (AvgIpc) is 3.59. The van der Waals surface area contributed by atoms with Crippen molar-refractivity contribution >= 4 is 58.8 Å². The number of anilines is 2. The molecule has 7 aliphatic rings. The number of nitrogens with zero attached hydrogens (tertiary/aromatic N) is 9. The highest BCUT2D eigenvalue weighted by atomic mass is 32.2. The van der Waals surface area contributed by atoms with Gasteiger partial charge in [-0.05, 0) is 113 Å². The van der Waals surface area contributed by atoms with E-state index in [2.05, 4.69) is 41.8 Å². The van der Waals surface area contributed by atoms with Crippen molar-refractivity contribution in [2.75, 3.05) is 76.0 Å². The molecular weight excluding hydrogens is 953 g/mol. The van der Waals surface area contributed by atoms with Crippen LogP contribution >= 0.6 is 0 Å². The van der Waals surface area contributed by atoms with E-state index in [0.717, 1.165) is 119 Å². The lowest BCUT2D eigenvalue weighted by molar-refractivity contribution is -0.157. The molecule has 2 aromatic heterocycles. The molecule has 2 aliphatic carbocycles. The number of hydrogen-bond acceptors (Lipinski definition) is 12. The second-order valence-electron chi connectivity index (χ2n) is 23.6. The van der Waals surface area contributed by atoms with Gasteiger partial charge in [0.2, 0.25) is 17.8 Å². The van der Waals surface area contributed by atoms with E-state index < -0.39 is 35.6 Å². The zero-order chi connectivity index (χ0) is 50.6. The lowest BCUT2D eigenvalue weighted by atomic mass is 9.86. The topological polar surface area (TPSA) is 185 Å². The van der Waals surface area contributed by atoms with E-state index >= 15 is 0 Å². The zero-order valence-corrected chi connectivity index (χ0v) is 45.2. The number of carbonyl (C=O) groups is 3. The van der Waals surface area contributed by atoms with Crippen LogP contribution in [-0.4, -0.2) is 150 Å². The van der Waals surface area contributed by atoms with Crippen LogP contribution in [0.3, 0.4) is 0 Å². The van der Waals surface area contributed by atoms with Gasteiger partial charge in [-0.1, -0.05) is 58.3 Å². The Balaban J connectivity index is 0.635. The number of aryl methyl sites for hydroxylation is 1. The number of aromatic nitrogens is 4. The van der Waals surface area contributed by atoms with Gasteiger partial charge in [-0.25, -0.2) is 9.78 Å². The number of para-hydroxylation sites is 1. The molecule has 4 atom stereocenters. The molecule has 20 heteroatoms. The van der Waals surface area contributed by atoms with Gasteiger partial charge in [-0.2, -0.15) is 22.0 Å². The monoisotopic (exact) mass is 1030 g/mol. The number of carbonyl (C=O) groups excluding carboxylic acids is 3. The Morgan fingerprint density at radius 1 is 0.861 bits per heavy atom. The molecule has 1 aromatic carbocycles.